The van der Waals surface area contributed by atoms with Gasteiger partial charge in [-0.1, -0.05) is 0 Å². The Morgan fingerprint density at radius 3 is 0.857 bits per heavy atom. The number of rotatable bonds is 0. The molecule has 0 aliphatic heterocycles. The van der Waals surface area contributed by atoms with Crippen LogP contribution in [0.4, 0.5) is 0 Å². The summed E-state index contributed by atoms with van der Waals surface area (Å²) in [6.45, 7) is 0. The van der Waals surface area contributed by atoms with E-state index in [1.165, 1.54) is 0 Å². The van der Waals surface area contributed by atoms with Gasteiger partial charge in [-0.05, 0) is 0 Å². The fourth-order valence-electron chi connectivity index (χ4n) is 0. The maximum absolute atomic E-state index is 8.58. The third kappa shape index (κ3) is 70.8. The first-order valence-corrected chi connectivity index (χ1v) is 3.81. The second kappa shape index (κ2) is 43.2. The normalized spacial score (nSPS) is 1.14. The van der Waals surface area contributed by atoms with Gasteiger partial charge in [0.25, 0.3) is 0 Å². The zero-order chi connectivity index (χ0) is 2.71. The fourth-order valence-corrected chi connectivity index (χ4v) is 0. The molecular weight excluding hydrogens is 556 g/mol. The summed E-state index contributed by atoms with van der Waals surface area (Å²) >= 11 is -2.51. The Kier molecular flexibility index (Phi) is 221. The molecule has 7 heteroatoms. The Balaban J connectivity index is -0.00000000333. The Morgan fingerprint density at radius 2 is 0.857 bits per heavy atom. The van der Waals surface area contributed by atoms with Crippen LogP contribution in [0.2, 0.25) is 0 Å². The molecule has 0 aromatic heterocycles. The van der Waals surface area contributed by atoms with Crippen LogP contribution in [0.1, 0.15) is 0 Å². The van der Waals surface area contributed by atoms with Crippen LogP contribution in [0.25, 0.3) is 0 Å². The predicted octanol–water partition coefficient (Wildman–Crippen LogP) is -0.845. The Hall–Kier alpha value is 2.03. The van der Waals surface area contributed by atoms with Crippen LogP contribution in [-0.2, 0) is 15.4 Å². The zero-order valence-corrected chi connectivity index (χ0v) is 12.1. The van der Waals surface area contributed by atoms with Crippen molar-refractivity contribution in [2.45, 2.75) is 0 Å². The van der Waals surface area contributed by atoms with Crippen molar-refractivity contribution >= 4 is 48.0 Å². The summed E-state index contributed by atoms with van der Waals surface area (Å²) < 4.78 is 17.2. The van der Waals surface area contributed by atoms with Crippen LogP contribution in [0, 0.1) is 27.8 Å². The van der Waals surface area contributed by atoms with E-state index in [4.69, 9.17) is 4.47 Å². The maximum atomic E-state index is 8.58. The molecule has 7 heavy (non-hydrogen) atoms. The molecule has 0 amide bonds. The van der Waals surface area contributed by atoms with Crippen molar-refractivity contribution in [3.05, 3.63) is 0 Å². The average molecular weight is 564 g/mol. The Morgan fingerprint density at radius 1 is 0.857 bits per heavy atom. The Labute approximate surface area is 89.7 Å². The van der Waals surface area contributed by atoms with E-state index in [1.54, 1.807) is 0 Å². The molecule has 0 aromatic rings. The summed E-state index contributed by atoms with van der Waals surface area (Å²) in [6, 6.07) is 0. The van der Waals surface area contributed by atoms with E-state index in [2.05, 4.69) is 0 Å². The minimum absolute atomic E-state index is 0. The summed E-state index contributed by atoms with van der Waals surface area (Å²) in [7, 11) is 0. The van der Waals surface area contributed by atoms with Gasteiger partial charge in [0.05, 0.1) is 0 Å². The van der Waals surface area contributed by atoms with Gasteiger partial charge in [-0.15, -0.1) is 48.0 Å². The molecule has 0 unspecified atom stereocenters. The third-order valence-corrected chi connectivity index (χ3v) is 0. The molecular formula is H8I2O4U+2. The first-order chi connectivity index (χ1) is 1.41. The third-order valence-electron chi connectivity index (χ3n) is 0. The fraction of sp³-hybridized carbons (Fsp3) is 0. The van der Waals surface area contributed by atoms with E-state index in [-0.39, 0.29) is 58.9 Å². The molecule has 0 atom stereocenters. The quantitative estimate of drug-likeness (QED) is 0.283. The van der Waals surface area contributed by atoms with Crippen molar-refractivity contribution in [1.29, 1.82) is 0 Å². The second-order valence-corrected chi connectivity index (χ2v) is 0.777. The summed E-state index contributed by atoms with van der Waals surface area (Å²) in [5, 5.41) is 0. The standard InChI is InChI=1S/2HI.2H2O.2O.U/h2*1H;2*1H2;;;/p+2. The summed E-state index contributed by atoms with van der Waals surface area (Å²) in [5.74, 6) is 0. The SMILES string of the molecule is I.I.[OH3+].[OH3+].[O]=[U]=[O]. The van der Waals surface area contributed by atoms with Crippen LogP contribution in [-0.4, -0.2) is 0 Å². The topological polar surface area (TPSA) is 100 Å². The van der Waals surface area contributed by atoms with Crippen LogP contribution < -0.4 is 0 Å². The minimum atomic E-state index is -2.51. The second-order valence-electron chi connectivity index (χ2n) is 0.0833. The molecule has 0 spiro atoms. The van der Waals surface area contributed by atoms with Gasteiger partial charge < -0.3 is 11.0 Å². The molecule has 0 aliphatic rings. The molecule has 0 heterocycles. The van der Waals surface area contributed by atoms with Crippen LogP contribution >= 0.6 is 48.0 Å². The predicted molar refractivity (Wildman–Crippen MR) is 41.9 cm³/mol. The molecule has 0 aromatic carbocycles. The van der Waals surface area contributed by atoms with E-state index in [0.717, 1.165) is 0 Å². The van der Waals surface area contributed by atoms with E-state index < -0.39 is 27.8 Å². The summed E-state index contributed by atoms with van der Waals surface area (Å²) in [5.41, 5.74) is 0. The van der Waals surface area contributed by atoms with E-state index in [9.17, 15) is 0 Å². The van der Waals surface area contributed by atoms with Gasteiger partial charge in [0.15, 0.2) is 0 Å². The van der Waals surface area contributed by atoms with Crippen molar-refractivity contribution in [3.8, 4) is 0 Å². The molecule has 48 valence electrons. The van der Waals surface area contributed by atoms with E-state index in [1.807, 2.05) is 0 Å². The van der Waals surface area contributed by atoms with Crippen molar-refractivity contribution in [3.63, 3.8) is 0 Å². The Bertz CT molecular complexity index is 30.7. The number of hydrogen-bond acceptors (Lipinski definition) is 2. The first kappa shape index (κ1) is 35.8. The van der Waals surface area contributed by atoms with Crippen molar-refractivity contribution in [2.75, 3.05) is 0 Å². The first-order valence-electron chi connectivity index (χ1n) is 0.408. The van der Waals surface area contributed by atoms with Crippen LogP contribution in [0.5, 0.6) is 0 Å². The summed E-state index contributed by atoms with van der Waals surface area (Å²) in [6.07, 6.45) is 0. The molecule has 0 saturated heterocycles. The van der Waals surface area contributed by atoms with Gasteiger partial charge in [0, 0.05) is 0 Å². The van der Waals surface area contributed by atoms with Crippen molar-refractivity contribution < 1.29 is 43.2 Å². The van der Waals surface area contributed by atoms with Crippen molar-refractivity contribution in [2.24, 2.45) is 0 Å². The monoisotopic (exact) mass is 564 g/mol. The van der Waals surface area contributed by atoms with E-state index in [0.29, 0.717) is 0 Å². The molecule has 0 bridgehead atoms. The molecule has 0 saturated carbocycles. The van der Waals surface area contributed by atoms with Gasteiger partial charge >= 0.3 is 32.3 Å². The van der Waals surface area contributed by atoms with Gasteiger partial charge in [0.2, 0.25) is 0 Å². The molecule has 4 nitrogen and oxygen atoms in total. The van der Waals surface area contributed by atoms with E-state index >= 15 is 0 Å². The van der Waals surface area contributed by atoms with Gasteiger partial charge in [-0.2, -0.15) is 0 Å². The number of hydrogen-bond donors (Lipinski definition) is 0. The molecule has 0 fully saturated rings. The number of halogens is 2. The average Bonchev–Trinajstić information content (AvgIpc) is 0.918. The zero-order valence-electron chi connectivity index (χ0n) is 3.29. The summed E-state index contributed by atoms with van der Waals surface area (Å²) in [4.78, 5) is 0. The van der Waals surface area contributed by atoms with Crippen LogP contribution in [0.15, 0.2) is 0 Å². The molecule has 0 radical (unpaired) electrons. The van der Waals surface area contributed by atoms with Gasteiger partial charge in [0.1, 0.15) is 0 Å². The van der Waals surface area contributed by atoms with Crippen LogP contribution in [0.3, 0.4) is 0 Å². The van der Waals surface area contributed by atoms with Crippen molar-refractivity contribution in [1.82, 2.24) is 0 Å². The molecule has 0 rings (SSSR count). The molecule has 6 N–H and O–H groups in total. The van der Waals surface area contributed by atoms with Gasteiger partial charge in [-0.3, -0.25) is 0 Å². The molecule has 0 aliphatic carbocycles. The van der Waals surface area contributed by atoms with Gasteiger partial charge in [-0.25, -0.2) is 0 Å².